The van der Waals surface area contributed by atoms with E-state index in [4.69, 9.17) is 17.0 Å². The highest BCUT2D eigenvalue weighted by Crippen LogP contribution is 2.26. The third kappa shape index (κ3) is 1.84. The van der Waals surface area contributed by atoms with Gasteiger partial charge in [-0.25, -0.2) is 0 Å². The maximum atomic E-state index is 12.5. The highest BCUT2D eigenvalue weighted by molar-refractivity contribution is 7.71. The van der Waals surface area contributed by atoms with E-state index in [-0.39, 0.29) is 11.6 Å². The number of ether oxygens (including phenoxy) is 1. The first kappa shape index (κ1) is 12.1. The lowest BCUT2D eigenvalue weighted by Crippen LogP contribution is -2.29. The van der Waals surface area contributed by atoms with Crippen molar-refractivity contribution in [1.29, 1.82) is 0 Å². The molecule has 0 saturated carbocycles. The molecular formula is C12H14N2O2S2. The van der Waals surface area contributed by atoms with Gasteiger partial charge >= 0.3 is 0 Å². The van der Waals surface area contributed by atoms with Gasteiger partial charge in [0.1, 0.15) is 4.83 Å². The van der Waals surface area contributed by atoms with Gasteiger partial charge in [0.25, 0.3) is 5.56 Å². The zero-order chi connectivity index (χ0) is 12.7. The van der Waals surface area contributed by atoms with Gasteiger partial charge in [-0.2, -0.15) is 0 Å². The molecule has 18 heavy (non-hydrogen) atoms. The van der Waals surface area contributed by atoms with Crippen molar-refractivity contribution < 1.29 is 4.74 Å². The fourth-order valence-corrected chi connectivity index (χ4v) is 3.66. The fourth-order valence-electron chi connectivity index (χ4n) is 2.47. The highest BCUT2D eigenvalue weighted by Gasteiger charge is 2.25. The first-order chi connectivity index (χ1) is 8.68. The molecule has 6 heteroatoms. The molecule has 2 aromatic heterocycles. The number of nitrogens with one attached hydrogen (secondary N) is 1. The van der Waals surface area contributed by atoms with Crippen LogP contribution in [-0.2, 0) is 4.74 Å². The number of aromatic nitrogens is 2. The first-order valence-electron chi connectivity index (χ1n) is 5.98. The number of nitrogens with zero attached hydrogens (tertiary/aromatic N) is 1. The molecule has 2 unspecified atom stereocenters. The molecule has 0 aliphatic carbocycles. The highest BCUT2D eigenvalue weighted by atomic mass is 32.1. The molecule has 0 aromatic carbocycles. The quantitative estimate of drug-likeness (QED) is 0.862. The van der Waals surface area contributed by atoms with Crippen molar-refractivity contribution in [1.82, 2.24) is 9.55 Å². The van der Waals surface area contributed by atoms with Gasteiger partial charge in [-0.1, -0.05) is 0 Å². The molecule has 0 bridgehead atoms. The minimum Gasteiger partial charge on any atom is -0.381 e. The Morgan fingerprint density at radius 1 is 1.67 bits per heavy atom. The van der Waals surface area contributed by atoms with Crippen molar-refractivity contribution in [3.63, 3.8) is 0 Å². The van der Waals surface area contributed by atoms with E-state index in [2.05, 4.69) is 4.98 Å². The molecule has 96 valence electrons. The van der Waals surface area contributed by atoms with Crippen LogP contribution in [0, 0.1) is 10.7 Å². The summed E-state index contributed by atoms with van der Waals surface area (Å²) in [5, 5.41) is 2.63. The summed E-state index contributed by atoms with van der Waals surface area (Å²) >= 11 is 6.83. The second-order valence-electron chi connectivity index (χ2n) is 4.63. The second kappa shape index (κ2) is 4.60. The van der Waals surface area contributed by atoms with Crippen LogP contribution in [0.15, 0.2) is 16.2 Å². The van der Waals surface area contributed by atoms with Gasteiger partial charge in [-0.3, -0.25) is 9.36 Å². The summed E-state index contributed by atoms with van der Waals surface area (Å²) in [6.45, 7) is 3.54. The third-order valence-electron chi connectivity index (χ3n) is 3.61. The molecular weight excluding hydrogens is 268 g/mol. The summed E-state index contributed by atoms with van der Waals surface area (Å²) in [6, 6.07) is 1.93. The van der Waals surface area contributed by atoms with Crippen LogP contribution >= 0.6 is 23.6 Å². The van der Waals surface area contributed by atoms with Gasteiger partial charge in [0, 0.05) is 18.6 Å². The SMILES string of the molecule is CC(C1CCOC1)n1c(=S)[nH]c2sccc2c1=O. The Bertz CT molecular complexity index is 679. The maximum Gasteiger partial charge on any atom is 0.263 e. The molecule has 1 aliphatic rings. The van der Waals surface area contributed by atoms with E-state index in [1.165, 1.54) is 11.3 Å². The Morgan fingerprint density at radius 3 is 3.22 bits per heavy atom. The van der Waals surface area contributed by atoms with E-state index < -0.39 is 0 Å². The molecule has 3 rings (SSSR count). The number of hydrogen-bond acceptors (Lipinski definition) is 4. The number of hydrogen-bond donors (Lipinski definition) is 1. The van der Waals surface area contributed by atoms with E-state index in [9.17, 15) is 4.79 Å². The minimum absolute atomic E-state index is 0.00870. The summed E-state index contributed by atoms with van der Waals surface area (Å²) in [4.78, 5) is 16.4. The molecule has 1 aliphatic heterocycles. The predicted molar refractivity (Wildman–Crippen MR) is 74.9 cm³/mol. The molecule has 4 nitrogen and oxygen atoms in total. The molecule has 3 heterocycles. The van der Waals surface area contributed by atoms with Crippen molar-refractivity contribution in [2.24, 2.45) is 5.92 Å². The molecule has 2 aromatic rings. The van der Waals surface area contributed by atoms with E-state index in [0.29, 0.717) is 17.3 Å². The number of aromatic amines is 1. The van der Waals surface area contributed by atoms with Crippen LogP contribution in [0.1, 0.15) is 19.4 Å². The summed E-state index contributed by atoms with van der Waals surface area (Å²) < 4.78 is 7.60. The standard InChI is InChI=1S/C12H14N2O2S2/c1-7(8-2-4-16-6-8)14-11(15)9-3-5-18-10(9)13-12(14)17/h3,5,7-8H,2,4,6H2,1H3,(H,13,17). The van der Waals surface area contributed by atoms with Crippen molar-refractivity contribution in [3.8, 4) is 0 Å². The molecule has 0 radical (unpaired) electrons. The molecule has 1 N–H and O–H groups in total. The van der Waals surface area contributed by atoms with Crippen molar-refractivity contribution in [2.45, 2.75) is 19.4 Å². The van der Waals surface area contributed by atoms with Gasteiger partial charge in [0.05, 0.1) is 12.0 Å². The van der Waals surface area contributed by atoms with Crippen LogP contribution in [-0.4, -0.2) is 22.8 Å². The molecule has 0 spiro atoms. The Kier molecular flexibility index (Phi) is 3.09. The van der Waals surface area contributed by atoms with Crippen LogP contribution in [0.4, 0.5) is 0 Å². The average molecular weight is 282 g/mol. The molecule has 0 amide bonds. The van der Waals surface area contributed by atoms with Crippen LogP contribution in [0.5, 0.6) is 0 Å². The monoisotopic (exact) mass is 282 g/mol. The molecule has 1 saturated heterocycles. The number of rotatable bonds is 2. The lowest BCUT2D eigenvalue weighted by Gasteiger charge is -2.20. The van der Waals surface area contributed by atoms with Crippen LogP contribution in [0.3, 0.4) is 0 Å². The Balaban J connectivity index is 2.15. The summed E-state index contributed by atoms with van der Waals surface area (Å²) in [7, 11) is 0. The van der Waals surface area contributed by atoms with Gasteiger partial charge in [0.15, 0.2) is 4.77 Å². The molecule has 2 atom stereocenters. The predicted octanol–water partition coefficient (Wildman–Crippen LogP) is 2.72. The smallest absolute Gasteiger partial charge is 0.263 e. The zero-order valence-corrected chi connectivity index (χ0v) is 11.6. The van der Waals surface area contributed by atoms with Gasteiger partial charge in [0.2, 0.25) is 0 Å². The third-order valence-corrected chi connectivity index (χ3v) is 4.74. The summed E-state index contributed by atoms with van der Waals surface area (Å²) in [6.07, 6.45) is 0.990. The van der Waals surface area contributed by atoms with E-state index in [1.54, 1.807) is 4.57 Å². The topological polar surface area (TPSA) is 47.0 Å². The van der Waals surface area contributed by atoms with Gasteiger partial charge in [-0.05, 0) is 37.0 Å². The zero-order valence-electron chi connectivity index (χ0n) is 10.0. The van der Waals surface area contributed by atoms with Crippen molar-refractivity contribution in [2.75, 3.05) is 13.2 Å². The maximum absolute atomic E-state index is 12.5. The van der Waals surface area contributed by atoms with Crippen LogP contribution < -0.4 is 5.56 Å². The first-order valence-corrected chi connectivity index (χ1v) is 7.27. The number of H-pyrrole nitrogens is 1. The van der Waals surface area contributed by atoms with Crippen molar-refractivity contribution >= 4 is 33.8 Å². The lowest BCUT2D eigenvalue weighted by molar-refractivity contribution is 0.174. The normalized spacial score (nSPS) is 21.5. The van der Waals surface area contributed by atoms with Gasteiger partial charge in [-0.15, -0.1) is 11.3 Å². The van der Waals surface area contributed by atoms with E-state index >= 15 is 0 Å². The lowest BCUT2D eigenvalue weighted by atomic mass is 10.0. The minimum atomic E-state index is 0.00870. The average Bonchev–Trinajstić information content (AvgIpc) is 2.98. The number of thiophene rings is 1. The Labute approximate surface area is 113 Å². The van der Waals surface area contributed by atoms with E-state index in [1.807, 2.05) is 18.4 Å². The Hall–Kier alpha value is -0.980. The Morgan fingerprint density at radius 2 is 2.50 bits per heavy atom. The fraction of sp³-hybridized carbons (Fsp3) is 0.500. The number of fused-ring (bicyclic) bond motifs is 1. The van der Waals surface area contributed by atoms with Crippen LogP contribution in [0.2, 0.25) is 0 Å². The van der Waals surface area contributed by atoms with Gasteiger partial charge < -0.3 is 9.72 Å². The second-order valence-corrected chi connectivity index (χ2v) is 5.94. The molecule has 1 fully saturated rings. The largest absolute Gasteiger partial charge is 0.381 e. The van der Waals surface area contributed by atoms with Crippen molar-refractivity contribution in [3.05, 3.63) is 26.6 Å². The summed E-state index contributed by atoms with van der Waals surface area (Å²) in [5.41, 5.74) is 0.00870. The van der Waals surface area contributed by atoms with Crippen LogP contribution in [0.25, 0.3) is 10.2 Å². The van der Waals surface area contributed by atoms with E-state index in [0.717, 1.165) is 23.2 Å². The summed E-state index contributed by atoms with van der Waals surface area (Å²) in [5.74, 6) is 0.369.